The maximum absolute atomic E-state index is 12.2. The molecule has 1 aromatic carbocycles. The van der Waals surface area contributed by atoms with Crippen molar-refractivity contribution in [3.63, 3.8) is 0 Å². The predicted molar refractivity (Wildman–Crippen MR) is 69.0 cm³/mol. The van der Waals surface area contributed by atoms with Crippen molar-refractivity contribution in [3.05, 3.63) is 34.9 Å². The van der Waals surface area contributed by atoms with Crippen molar-refractivity contribution in [2.75, 3.05) is 6.61 Å². The van der Waals surface area contributed by atoms with Gasteiger partial charge in [-0.25, -0.2) is 4.79 Å². The van der Waals surface area contributed by atoms with Crippen molar-refractivity contribution in [2.24, 2.45) is 0 Å². The molecule has 0 aromatic heterocycles. The standard InChI is InChI=1S/C13H14ClNO4/c14-9-3-1-8(2-4-9)13(5-6-13)12(19)15-10(7-16)11(17)18/h1-4,10,16H,5-7H2,(H,15,19)(H,17,18)/t10-/m1/s1. The smallest absolute Gasteiger partial charge is 0.328 e. The molecule has 2 rings (SSSR count). The van der Waals surface area contributed by atoms with Gasteiger partial charge < -0.3 is 15.5 Å². The molecule has 3 N–H and O–H groups in total. The summed E-state index contributed by atoms with van der Waals surface area (Å²) in [6.45, 7) is -0.627. The lowest BCUT2D eigenvalue weighted by molar-refractivity contribution is -0.143. The molecule has 0 unspecified atom stereocenters. The Morgan fingerprint density at radius 3 is 2.32 bits per heavy atom. The highest BCUT2D eigenvalue weighted by atomic mass is 35.5. The van der Waals surface area contributed by atoms with Crippen molar-refractivity contribution < 1.29 is 19.8 Å². The minimum Gasteiger partial charge on any atom is -0.480 e. The molecule has 0 bridgehead atoms. The third kappa shape index (κ3) is 2.72. The molecular formula is C13H14ClNO4. The second kappa shape index (κ2) is 5.19. The van der Waals surface area contributed by atoms with Gasteiger partial charge in [0.15, 0.2) is 0 Å². The highest BCUT2D eigenvalue weighted by molar-refractivity contribution is 6.30. The van der Waals surface area contributed by atoms with Crippen molar-refractivity contribution >= 4 is 23.5 Å². The molecule has 1 fully saturated rings. The maximum Gasteiger partial charge on any atom is 0.328 e. The highest BCUT2D eigenvalue weighted by Crippen LogP contribution is 2.48. The Hall–Kier alpha value is -1.59. The molecule has 0 aliphatic heterocycles. The quantitative estimate of drug-likeness (QED) is 0.750. The first-order chi connectivity index (χ1) is 8.99. The zero-order valence-corrected chi connectivity index (χ0v) is 10.9. The minimum absolute atomic E-state index is 0.365. The molecular weight excluding hydrogens is 270 g/mol. The molecule has 1 saturated carbocycles. The van der Waals surface area contributed by atoms with E-state index in [-0.39, 0.29) is 5.91 Å². The molecule has 1 aliphatic carbocycles. The lowest BCUT2D eigenvalue weighted by Gasteiger charge is -2.19. The molecule has 1 aliphatic rings. The first-order valence-corrected chi connectivity index (χ1v) is 6.28. The number of rotatable bonds is 5. The molecule has 1 aromatic rings. The van der Waals surface area contributed by atoms with E-state index in [1.165, 1.54) is 0 Å². The summed E-state index contributed by atoms with van der Waals surface area (Å²) in [4.78, 5) is 23.0. The van der Waals surface area contributed by atoms with Crippen LogP contribution in [-0.2, 0) is 15.0 Å². The molecule has 1 atom stereocenters. The Morgan fingerprint density at radius 1 is 1.32 bits per heavy atom. The molecule has 19 heavy (non-hydrogen) atoms. The van der Waals surface area contributed by atoms with E-state index in [1.807, 2.05) is 0 Å². The van der Waals surface area contributed by atoms with Crippen LogP contribution in [0.2, 0.25) is 5.02 Å². The monoisotopic (exact) mass is 283 g/mol. The number of aliphatic carboxylic acids is 1. The van der Waals surface area contributed by atoms with Crippen LogP contribution in [0.1, 0.15) is 18.4 Å². The first-order valence-electron chi connectivity index (χ1n) is 5.90. The molecule has 1 amide bonds. The fraction of sp³-hybridized carbons (Fsp3) is 0.385. The molecule has 0 heterocycles. The third-order valence-electron chi connectivity index (χ3n) is 3.37. The van der Waals surface area contributed by atoms with Crippen LogP contribution in [0.15, 0.2) is 24.3 Å². The van der Waals surface area contributed by atoms with Crippen molar-refractivity contribution in [1.82, 2.24) is 5.32 Å². The number of carbonyl (C=O) groups is 2. The van der Waals surface area contributed by atoms with Crippen molar-refractivity contribution in [2.45, 2.75) is 24.3 Å². The van der Waals surface area contributed by atoms with E-state index in [0.29, 0.717) is 17.9 Å². The number of carbonyl (C=O) groups excluding carboxylic acids is 1. The minimum atomic E-state index is -1.27. The first kappa shape index (κ1) is 13.8. The summed E-state index contributed by atoms with van der Waals surface area (Å²) in [6.07, 6.45) is 1.33. The van der Waals surface area contributed by atoms with Crippen LogP contribution >= 0.6 is 11.6 Å². The number of carboxylic acid groups (broad SMARTS) is 1. The number of hydrogen-bond acceptors (Lipinski definition) is 3. The van der Waals surface area contributed by atoms with Gasteiger partial charge in [0.1, 0.15) is 6.04 Å². The number of nitrogens with one attached hydrogen (secondary N) is 1. The number of aliphatic hydroxyl groups excluding tert-OH is 1. The number of aliphatic hydroxyl groups is 1. The summed E-state index contributed by atoms with van der Waals surface area (Å²) in [5.74, 6) is -1.61. The summed E-state index contributed by atoms with van der Waals surface area (Å²) in [5.41, 5.74) is 0.143. The van der Waals surface area contributed by atoms with Gasteiger partial charge in [-0.1, -0.05) is 23.7 Å². The lowest BCUT2D eigenvalue weighted by Crippen LogP contribution is -2.47. The SMILES string of the molecule is O=C(O)[C@@H](CO)NC(=O)C1(c2ccc(Cl)cc2)CC1. The van der Waals surface area contributed by atoms with E-state index in [0.717, 1.165) is 5.56 Å². The van der Waals surface area contributed by atoms with Gasteiger partial charge in [-0.05, 0) is 30.5 Å². The van der Waals surface area contributed by atoms with Crippen LogP contribution in [0.5, 0.6) is 0 Å². The third-order valence-corrected chi connectivity index (χ3v) is 3.62. The van der Waals surface area contributed by atoms with Crippen LogP contribution in [-0.4, -0.2) is 34.7 Å². The second-order valence-electron chi connectivity index (χ2n) is 4.64. The van der Waals surface area contributed by atoms with Gasteiger partial charge >= 0.3 is 5.97 Å². The summed E-state index contributed by atoms with van der Waals surface area (Å²) >= 11 is 5.80. The van der Waals surface area contributed by atoms with Gasteiger partial charge in [-0.2, -0.15) is 0 Å². The van der Waals surface area contributed by atoms with Gasteiger partial charge in [0.2, 0.25) is 5.91 Å². The van der Waals surface area contributed by atoms with Crippen LogP contribution in [0.3, 0.4) is 0 Å². The van der Waals surface area contributed by atoms with Crippen LogP contribution < -0.4 is 5.32 Å². The van der Waals surface area contributed by atoms with Gasteiger partial charge in [-0.15, -0.1) is 0 Å². The molecule has 102 valence electrons. The summed E-state index contributed by atoms with van der Waals surface area (Å²) in [6, 6.07) is 5.67. The number of amides is 1. The topological polar surface area (TPSA) is 86.6 Å². The molecule has 5 nitrogen and oxygen atoms in total. The van der Waals surface area contributed by atoms with Crippen molar-refractivity contribution in [3.8, 4) is 0 Å². The number of benzene rings is 1. The van der Waals surface area contributed by atoms with Crippen LogP contribution in [0.4, 0.5) is 0 Å². The summed E-state index contributed by atoms with van der Waals surface area (Å²) in [5, 5.41) is 20.7. The largest absolute Gasteiger partial charge is 0.480 e. The van der Waals surface area contributed by atoms with Gasteiger partial charge in [0.05, 0.1) is 12.0 Å². The van der Waals surface area contributed by atoms with E-state index in [9.17, 15) is 9.59 Å². The summed E-state index contributed by atoms with van der Waals surface area (Å²) < 4.78 is 0. The Kier molecular flexibility index (Phi) is 3.78. The molecule has 0 spiro atoms. The average Bonchev–Trinajstić information content (AvgIpc) is 3.17. The lowest BCUT2D eigenvalue weighted by atomic mass is 9.94. The van der Waals surface area contributed by atoms with Crippen molar-refractivity contribution in [1.29, 1.82) is 0 Å². The Morgan fingerprint density at radius 2 is 1.89 bits per heavy atom. The maximum atomic E-state index is 12.2. The second-order valence-corrected chi connectivity index (χ2v) is 5.07. The Labute approximate surface area is 115 Å². The van der Waals surface area contributed by atoms with E-state index < -0.39 is 24.0 Å². The highest BCUT2D eigenvalue weighted by Gasteiger charge is 2.51. The van der Waals surface area contributed by atoms with Gasteiger partial charge in [-0.3, -0.25) is 4.79 Å². The zero-order chi connectivity index (χ0) is 14.0. The number of hydrogen-bond donors (Lipinski definition) is 3. The van der Waals surface area contributed by atoms with Crippen LogP contribution in [0, 0.1) is 0 Å². The predicted octanol–water partition coefficient (Wildman–Crippen LogP) is 0.933. The Balaban J connectivity index is 2.14. The molecule has 0 radical (unpaired) electrons. The van der Waals surface area contributed by atoms with Crippen LogP contribution in [0.25, 0.3) is 0 Å². The fourth-order valence-corrected chi connectivity index (χ4v) is 2.15. The van der Waals surface area contributed by atoms with Gasteiger partial charge in [0, 0.05) is 5.02 Å². The zero-order valence-electron chi connectivity index (χ0n) is 10.1. The number of carboxylic acids is 1. The normalized spacial score (nSPS) is 17.6. The van der Waals surface area contributed by atoms with E-state index in [2.05, 4.69) is 5.32 Å². The summed E-state index contributed by atoms with van der Waals surface area (Å²) in [7, 11) is 0. The number of halogens is 1. The Bertz CT molecular complexity index is 496. The van der Waals surface area contributed by atoms with E-state index in [4.69, 9.17) is 21.8 Å². The molecule has 6 heteroatoms. The van der Waals surface area contributed by atoms with E-state index in [1.54, 1.807) is 24.3 Å². The van der Waals surface area contributed by atoms with E-state index >= 15 is 0 Å². The fourth-order valence-electron chi connectivity index (χ4n) is 2.02. The van der Waals surface area contributed by atoms with Gasteiger partial charge in [0.25, 0.3) is 0 Å². The average molecular weight is 284 g/mol. The molecule has 0 saturated heterocycles.